The van der Waals surface area contributed by atoms with Gasteiger partial charge in [0.1, 0.15) is 0 Å². The Bertz CT molecular complexity index is 104. The Balaban J connectivity index is 2.60. The number of hydrogen-bond acceptors (Lipinski definition) is 2. The molecule has 0 aromatic heterocycles. The third-order valence-corrected chi connectivity index (χ3v) is 2.53. The number of hydrogen-bond donors (Lipinski definition) is 1. The standard InChI is InChI=1S/C6H11NS/c1-5-3-2-4-8-6(5)7/h2-4,7H2,1H3. The lowest BCUT2D eigenvalue weighted by molar-refractivity contribution is 0.895. The van der Waals surface area contributed by atoms with Gasteiger partial charge in [0, 0.05) is 0 Å². The molecule has 0 atom stereocenters. The van der Waals surface area contributed by atoms with Crippen molar-refractivity contribution in [2.45, 2.75) is 19.8 Å². The van der Waals surface area contributed by atoms with Crippen molar-refractivity contribution in [3.63, 3.8) is 0 Å². The molecule has 2 N–H and O–H groups in total. The summed E-state index contributed by atoms with van der Waals surface area (Å²) in [6, 6.07) is 0. The molecular weight excluding hydrogens is 118 g/mol. The average Bonchev–Trinajstić information content (AvgIpc) is 1.77. The van der Waals surface area contributed by atoms with E-state index in [4.69, 9.17) is 5.73 Å². The van der Waals surface area contributed by atoms with E-state index in [2.05, 4.69) is 6.92 Å². The van der Waals surface area contributed by atoms with Crippen molar-refractivity contribution in [1.82, 2.24) is 0 Å². The first kappa shape index (κ1) is 6.02. The summed E-state index contributed by atoms with van der Waals surface area (Å²) in [5.74, 6) is 1.21. The first-order valence-electron chi connectivity index (χ1n) is 2.89. The highest BCUT2D eigenvalue weighted by Gasteiger charge is 2.04. The van der Waals surface area contributed by atoms with E-state index in [-0.39, 0.29) is 0 Å². The topological polar surface area (TPSA) is 26.0 Å². The third-order valence-electron chi connectivity index (χ3n) is 1.37. The summed E-state index contributed by atoms with van der Waals surface area (Å²) in [6.45, 7) is 2.11. The summed E-state index contributed by atoms with van der Waals surface area (Å²) in [5.41, 5.74) is 7.00. The van der Waals surface area contributed by atoms with Gasteiger partial charge in [-0.25, -0.2) is 0 Å². The van der Waals surface area contributed by atoms with E-state index < -0.39 is 0 Å². The SMILES string of the molecule is CC1=C(N)SCCC1. The minimum atomic E-state index is 1.05. The molecule has 0 bridgehead atoms. The Morgan fingerprint density at radius 3 is 2.75 bits per heavy atom. The first-order chi connectivity index (χ1) is 3.80. The molecule has 0 saturated heterocycles. The van der Waals surface area contributed by atoms with Crippen molar-refractivity contribution in [2.24, 2.45) is 5.73 Å². The molecule has 0 radical (unpaired) electrons. The van der Waals surface area contributed by atoms with Gasteiger partial charge in [0.2, 0.25) is 0 Å². The molecular formula is C6H11NS. The normalized spacial score (nSPS) is 21.6. The molecule has 0 unspecified atom stereocenters. The first-order valence-corrected chi connectivity index (χ1v) is 3.87. The predicted molar refractivity (Wildman–Crippen MR) is 38.6 cm³/mol. The van der Waals surface area contributed by atoms with Gasteiger partial charge in [-0.2, -0.15) is 0 Å². The molecule has 0 amide bonds. The summed E-state index contributed by atoms with van der Waals surface area (Å²) < 4.78 is 0. The van der Waals surface area contributed by atoms with Crippen LogP contribution in [0, 0.1) is 0 Å². The highest BCUT2D eigenvalue weighted by molar-refractivity contribution is 8.03. The van der Waals surface area contributed by atoms with Gasteiger partial charge in [-0.05, 0) is 31.1 Å². The van der Waals surface area contributed by atoms with Crippen LogP contribution in [0.5, 0.6) is 0 Å². The molecule has 0 saturated carbocycles. The highest BCUT2D eigenvalue weighted by Crippen LogP contribution is 2.24. The monoisotopic (exact) mass is 129 g/mol. The zero-order chi connectivity index (χ0) is 5.98. The lowest BCUT2D eigenvalue weighted by Gasteiger charge is -2.11. The lowest BCUT2D eigenvalue weighted by atomic mass is 10.2. The zero-order valence-electron chi connectivity index (χ0n) is 5.11. The van der Waals surface area contributed by atoms with Gasteiger partial charge in [0.05, 0.1) is 5.03 Å². The molecule has 0 aromatic rings. The number of rotatable bonds is 0. The fourth-order valence-electron chi connectivity index (χ4n) is 0.766. The Kier molecular flexibility index (Phi) is 1.84. The number of nitrogens with two attached hydrogens (primary N) is 1. The molecule has 1 nitrogen and oxygen atoms in total. The molecule has 0 aromatic carbocycles. The maximum Gasteiger partial charge on any atom is 0.0644 e. The van der Waals surface area contributed by atoms with Gasteiger partial charge >= 0.3 is 0 Å². The molecule has 1 heterocycles. The second-order valence-corrected chi connectivity index (χ2v) is 3.23. The third kappa shape index (κ3) is 1.19. The van der Waals surface area contributed by atoms with E-state index in [0.29, 0.717) is 0 Å². The largest absolute Gasteiger partial charge is 0.394 e. The van der Waals surface area contributed by atoms with Gasteiger partial charge < -0.3 is 5.73 Å². The molecule has 1 aliphatic rings. The molecule has 0 spiro atoms. The maximum absolute atomic E-state index is 5.62. The summed E-state index contributed by atoms with van der Waals surface area (Å²) in [7, 11) is 0. The highest BCUT2D eigenvalue weighted by atomic mass is 32.2. The second-order valence-electron chi connectivity index (χ2n) is 2.10. The van der Waals surface area contributed by atoms with Crippen LogP contribution in [0.3, 0.4) is 0 Å². The molecule has 46 valence electrons. The molecule has 1 aliphatic heterocycles. The van der Waals surface area contributed by atoms with Gasteiger partial charge in [-0.3, -0.25) is 0 Å². The fraction of sp³-hybridized carbons (Fsp3) is 0.667. The Hall–Kier alpha value is -0.110. The molecule has 2 heteroatoms. The van der Waals surface area contributed by atoms with Crippen LogP contribution in [0.1, 0.15) is 19.8 Å². The lowest BCUT2D eigenvalue weighted by Crippen LogP contribution is -2.02. The van der Waals surface area contributed by atoms with E-state index in [9.17, 15) is 0 Å². The zero-order valence-corrected chi connectivity index (χ0v) is 5.92. The van der Waals surface area contributed by atoms with Gasteiger partial charge in [0.25, 0.3) is 0 Å². The predicted octanol–water partition coefficient (Wildman–Crippen LogP) is 1.70. The van der Waals surface area contributed by atoms with E-state index >= 15 is 0 Å². The van der Waals surface area contributed by atoms with Gasteiger partial charge in [-0.1, -0.05) is 0 Å². The second kappa shape index (κ2) is 2.44. The fourth-order valence-corrected chi connectivity index (χ4v) is 1.62. The van der Waals surface area contributed by atoms with Crippen molar-refractivity contribution < 1.29 is 0 Å². The molecule has 8 heavy (non-hydrogen) atoms. The van der Waals surface area contributed by atoms with Crippen molar-refractivity contribution >= 4 is 11.8 Å². The maximum atomic E-state index is 5.62. The number of thioether (sulfide) groups is 1. The van der Waals surface area contributed by atoms with Crippen LogP contribution in [-0.2, 0) is 0 Å². The quantitative estimate of drug-likeness (QED) is 0.538. The van der Waals surface area contributed by atoms with Gasteiger partial charge in [0.15, 0.2) is 0 Å². The summed E-state index contributed by atoms with van der Waals surface area (Å²) in [6.07, 6.45) is 2.51. The van der Waals surface area contributed by atoms with Crippen LogP contribution in [0.2, 0.25) is 0 Å². The smallest absolute Gasteiger partial charge is 0.0644 e. The van der Waals surface area contributed by atoms with E-state index in [0.717, 1.165) is 5.03 Å². The minimum Gasteiger partial charge on any atom is -0.394 e. The van der Waals surface area contributed by atoms with Crippen LogP contribution in [0.15, 0.2) is 10.6 Å². The Labute approximate surface area is 54.3 Å². The molecule has 1 rings (SSSR count). The van der Waals surface area contributed by atoms with Gasteiger partial charge in [-0.15, -0.1) is 11.8 Å². The summed E-state index contributed by atoms with van der Waals surface area (Å²) >= 11 is 1.78. The van der Waals surface area contributed by atoms with Crippen molar-refractivity contribution in [2.75, 3.05) is 5.75 Å². The average molecular weight is 129 g/mol. The van der Waals surface area contributed by atoms with E-state index in [1.165, 1.54) is 24.2 Å². The van der Waals surface area contributed by atoms with Crippen LogP contribution in [0.4, 0.5) is 0 Å². The van der Waals surface area contributed by atoms with Crippen LogP contribution >= 0.6 is 11.8 Å². The Morgan fingerprint density at radius 2 is 2.38 bits per heavy atom. The summed E-state index contributed by atoms with van der Waals surface area (Å²) in [4.78, 5) is 0. The van der Waals surface area contributed by atoms with Crippen molar-refractivity contribution in [3.8, 4) is 0 Å². The molecule has 0 fully saturated rings. The van der Waals surface area contributed by atoms with Crippen LogP contribution in [0.25, 0.3) is 0 Å². The van der Waals surface area contributed by atoms with Crippen molar-refractivity contribution in [1.29, 1.82) is 0 Å². The van der Waals surface area contributed by atoms with E-state index in [1.54, 1.807) is 11.8 Å². The molecule has 0 aliphatic carbocycles. The van der Waals surface area contributed by atoms with E-state index in [1.807, 2.05) is 0 Å². The number of allylic oxidation sites excluding steroid dienone is 1. The van der Waals surface area contributed by atoms with Crippen LogP contribution < -0.4 is 5.73 Å². The minimum absolute atomic E-state index is 1.05. The summed E-state index contributed by atoms with van der Waals surface area (Å²) in [5, 5.41) is 1.05. The Morgan fingerprint density at radius 1 is 1.62 bits per heavy atom. The van der Waals surface area contributed by atoms with Crippen molar-refractivity contribution in [3.05, 3.63) is 10.6 Å². The van der Waals surface area contributed by atoms with Crippen LogP contribution in [-0.4, -0.2) is 5.75 Å².